The van der Waals surface area contributed by atoms with Gasteiger partial charge >= 0.3 is 0 Å². The Bertz CT molecular complexity index is 543. The summed E-state index contributed by atoms with van der Waals surface area (Å²) in [7, 11) is 0. The van der Waals surface area contributed by atoms with E-state index in [0.29, 0.717) is 18.1 Å². The van der Waals surface area contributed by atoms with Crippen LogP contribution in [0.5, 0.6) is 5.75 Å². The van der Waals surface area contributed by atoms with Crippen molar-refractivity contribution in [2.45, 2.75) is 13.1 Å². The molecule has 0 radical (unpaired) electrons. The molecule has 4 heteroatoms. The molecule has 0 aliphatic carbocycles. The highest BCUT2D eigenvalue weighted by atomic mass is 35.5. The minimum atomic E-state index is 0.242. The van der Waals surface area contributed by atoms with Gasteiger partial charge < -0.3 is 10.4 Å². The zero-order valence-electron chi connectivity index (χ0n) is 9.66. The van der Waals surface area contributed by atoms with Gasteiger partial charge in [-0.2, -0.15) is 0 Å². The Morgan fingerprint density at radius 1 is 0.944 bits per heavy atom. The third-order valence-electron chi connectivity index (χ3n) is 2.63. The van der Waals surface area contributed by atoms with Gasteiger partial charge in [0.2, 0.25) is 0 Å². The van der Waals surface area contributed by atoms with E-state index < -0.39 is 0 Å². The van der Waals surface area contributed by atoms with Gasteiger partial charge in [0.1, 0.15) is 5.75 Å². The number of rotatable bonds is 4. The second-order valence-corrected chi connectivity index (χ2v) is 4.81. The summed E-state index contributed by atoms with van der Waals surface area (Å²) < 4.78 is 0. The number of aromatic hydroxyl groups is 1. The normalized spacial score (nSPS) is 10.6. The largest absolute Gasteiger partial charge is 0.508 e. The highest BCUT2D eigenvalue weighted by molar-refractivity contribution is 6.31. The topological polar surface area (TPSA) is 32.3 Å². The highest BCUT2D eigenvalue weighted by Gasteiger charge is 2.03. The van der Waals surface area contributed by atoms with Crippen LogP contribution in [0.1, 0.15) is 11.1 Å². The maximum atomic E-state index is 9.66. The molecule has 0 heterocycles. The van der Waals surface area contributed by atoms with E-state index in [1.165, 1.54) is 0 Å². The van der Waals surface area contributed by atoms with Crippen LogP contribution in [0, 0.1) is 0 Å². The van der Waals surface area contributed by atoms with Crippen LogP contribution >= 0.6 is 23.2 Å². The fourth-order valence-corrected chi connectivity index (χ4v) is 2.07. The van der Waals surface area contributed by atoms with Gasteiger partial charge in [0.15, 0.2) is 0 Å². The molecule has 0 atom stereocenters. The predicted octanol–water partition coefficient (Wildman–Crippen LogP) is 3.99. The summed E-state index contributed by atoms with van der Waals surface area (Å²) in [4.78, 5) is 0. The molecular formula is C14H13Cl2NO. The summed E-state index contributed by atoms with van der Waals surface area (Å²) in [6.45, 7) is 1.18. The lowest BCUT2D eigenvalue weighted by atomic mass is 10.2. The minimum absolute atomic E-state index is 0.242. The van der Waals surface area contributed by atoms with E-state index in [4.69, 9.17) is 23.2 Å². The number of benzene rings is 2. The second kappa shape index (κ2) is 6.10. The summed E-state index contributed by atoms with van der Waals surface area (Å²) in [5.41, 5.74) is 1.80. The zero-order valence-corrected chi connectivity index (χ0v) is 11.2. The van der Waals surface area contributed by atoms with Crippen molar-refractivity contribution in [2.24, 2.45) is 0 Å². The van der Waals surface area contributed by atoms with Crippen LogP contribution in [-0.4, -0.2) is 5.11 Å². The van der Waals surface area contributed by atoms with E-state index in [1.807, 2.05) is 24.3 Å². The van der Waals surface area contributed by atoms with Gasteiger partial charge in [0.05, 0.1) is 0 Å². The van der Waals surface area contributed by atoms with Crippen molar-refractivity contribution in [1.29, 1.82) is 0 Å². The summed E-state index contributed by atoms with van der Waals surface area (Å²) in [6.07, 6.45) is 0. The molecule has 2 N–H and O–H groups in total. The molecule has 2 aromatic rings. The first-order valence-electron chi connectivity index (χ1n) is 5.58. The minimum Gasteiger partial charge on any atom is -0.508 e. The van der Waals surface area contributed by atoms with E-state index in [1.54, 1.807) is 18.2 Å². The molecule has 0 unspecified atom stereocenters. The maximum absolute atomic E-state index is 9.66. The van der Waals surface area contributed by atoms with Crippen molar-refractivity contribution < 1.29 is 5.11 Å². The average Bonchev–Trinajstić information content (AvgIpc) is 2.36. The number of phenols is 1. The number of hydrogen-bond acceptors (Lipinski definition) is 2. The molecule has 0 bridgehead atoms. The fourth-order valence-electron chi connectivity index (χ4n) is 1.67. The SMILES string of the molecule is Oc1ccc(Cl)cc1CNCc1ccccc1Cl. The van der Waals surface area contributed by atoms with Crippen LogP contribution in [0.25, 0.3) is 0 Å². The number of phenolic OH excluding ortho intramolecular Hbond substituents is 1. The smallest absolute Gasteiger partial charge is 0.120 e. The van der Waals surface area contributed by atoms with Gasteiger partial charge in [-0.3, -0.25) is 0 Å². The lowest BCUT2D eigenvalue weighted by Crippen LogP contribution is -2.13. The standard InChI is InChI=1S/C14H13Cl2NO/c15-12-5-6-14(18)11(7-12)9-17-8-10-3-1-2-4-13(10)16/h1-7,17-18H,8-9H2. The van der Waals surface area contributed by atoms with Gasteiger partial charge in [-0.1, -0.05) is 41.4 Å². The molecule has 18 heavy (non-hydrogen) atoms. The molecule has 2 rings (SSSR count). The number of hydrogen-bond donors (Lipinski definition) is 2. The van der Waals surface area contributed by atoms with Crippen LogP contribution in [-0.2, 0) is 13.1 Å². The number of halogens is 2. The Labute approximate surface area is 116 Å². The average molecular weight is 282 g/mol. The molecule has 0 saturated carbocycles. The second-order valence-electron chi connectivity index (χ2n) is 3.97. The highest BCUT2D eigenvalue weighted by Crippen LogP contribution is 2.21. The summed E-state index contributed by atoms with van der Waals surface area (Å²) in [5, 5.41) is 14.2. The first-order valence-corrected chi connectivity index (χ1v) is 6.34. The van der Waals surface area contributed by atoms with Crippen LogP contribution < -0.4 is 5.32 Å². The molecule has 2 nitrogen and oxygen atoms in total. The summed E-state index contributed by atoms with van der Waals surface area (Å²) in [5.74, 6) is 0.242. The lowest BCUT2D eigenvalue weighted by Gasteiger charge is -2.08. The lowest BCUT2D eigenvalue weighted by molar-refractivity contribution is 0.464. The Balaban J connectivity index is 1.96. The monoisotopic (exact) mass is 281 g/mol. The molecule has 0 amide bonds. The molecule has 94 valence electrons. The molecule has 0 fully saturated rings. The van der Waals surface area contributed by atoms with Crippen molar-refractivity contribution in [1.82, 2.24) is 5.32 Å². The molecule has 0 aromatic heterocycles. The van der Waals surface area contributed by atoms with E-state index in [9.17, 15) is 5.11 Å². The zero-order chi connectivity index (χ0) is 13.0. The van der Waals surface area contributed by atoms with Gasteiger partial charge in [-0.05, 0) is 29.8 Å². The summed E-state index contributed by atoms with van der Waals surface area (Å²) in [6, 6.07) is 12.7. The fraction of sp³-hybridized carbons (Fsp3) is 0.143. The van der Waals surface area contributed by atoms with Crippen LogP contribution in [0.15, 0.2) is 42.5 Å². The van der Waals surface area contributed by atoms with Crippen LogP contribution in [0.3, 0.4) is 0 Å². The van der Waals surface area contributed by atoms with Crippen molar-refractivity contribution in [3.8, 4) is 5.75 Å². The van der Waals surface area contributed by atoms with Gasteiger partial charge in [-0.25, -0.2) is 0 Å². The molecule has 0 spiro atoms. The Hall–Kier alpha value is -1.22. The third kappa shape index (κ3) is 3.39. The molecule has 0 saturated heterocycles. The van der Waals surface area contributed by atoms with E-state index in [-0.39, 0.29) is 5.75 Å². The van der Waals surface area contributed by atoms with Gasteiger partial charge in [0, 0.05) is 28.7 Å². The Morgan fingerprint density at radius 2 is 1.67 bits per heavy atom. The van der Waals surface area contributed by atoms with Crippen molar-refractivity contribution in [3.63, 3.8) is 0 Å². The molecule has 0 aliphatic heterocycles. The molecule has 0 aliphatic rings. The van der Waals surface area contributed by atoms with Gasteiger partial charge in [-0.15, -0.1) is 0 Å². The first-order chi connectivity index (χ1) is 8.66. The third-order valence-corrected chi connectivity index (χ3v) is 3.23. The Kier molecular flexibility index (Phi) is 4.48. The van der Waals surface area contributed by atoms with Crippen LogP contribution in [0.4, 0.5) is 0 Å². The maximum Gasteiger partial charge on any atom is 0.120 e. The first kappa shape index (κ1) is 13.2. The Morgan fingerprint density at radius 3 is 2.44 bits per heavy atom. The van der Waals surface area contributed by atoms with Crippen molar-refractivity contribution in [2.75, 3.05) is 0 Å². The van der Waals surface area contributed by atoms with E-state index >= 15 is 0 Å². The summed E-state index contributed by atoms with van der Waals surface area (Å²) >= 11 is 11.9. The number of nitrogens with one attached hydrogen (secondary N) is 1. The predicted molar refractivity (Wildman–Crippen MR) is 75.1 cm³/mol. The van der Waals surface area contributed by atoms with Crippen molar-refractivity contribution >= 4 is 23.2 Å². The van der Waals surface area contributed by atoms with E-state index in [2.05, 4.69) is 5.32 Å². The van der Waals surface area contributed by atoms with Gasteiger partial charge in [0.25, 0.3) is 0 Å². The molecular weight excluding hydrogens is 269 g/mol. The quantitative estimate of drug-likeness (QED) is 0.888. The van der Waals surface area contributed by atoms with E-state index in [0.717, 1.165) is 16.1 Å². The van der Waals surface area contributed by atoms with Crippen molar-refractivity contribution in [3.05, 3.63) is 63.6 Å². The molecule has 2 aromatic carbocycles. The van der Waals surface area contributed by atoms with Crippen LogP contribution in [0.2, 0.25) is 10.0 Å².